The van der Waals surface area contributed by atoms with E-state index >= 15 is 0 Å². The molecule has 4 heteroatoms. The number of pyridine rings is 1. The van der Waals surface area contributed by atoms with Crippen molar-refractivity contribution >= 4 is 28.2 Å². The molecule has 28 heavy (non-hydrogen) atoms. The summed E-state index contributed by atoms with van der Waals surface area (Å²) in [6, 6.07) is 20.8. The number of benzene rings is 2. The number of nitrogens with zero attached hydrogens (tertiary/aromatic N) is 2. The molecule has 2 aliphatic rings. The topological polar surface area (TPSA) is 45.2 Å². The van der Waals surface area contributed by atoms with Crippen LogP contribution in [-0.2, 0) is 0 Å². The number of para-hydroxylation sites is 1. The van der Waals surface area contributed by atoms with E-state index in [4.69, 9.17) is 4.98 Å². The zero-order valence-electron chi connectivity index (χ0n) is 15.8. The smallest absolute Gasteiger partial charge is 0.252 e. The summed E-state index contributed by atoms with van der Waals surface area (Å²) in [6.45, 7) is 1.70. The molecule has 2 heterocycles. The van der Waals surface area contributed by atoms with Crippen LogP contribution in [0.15, 0.2) is 66.7 Å². The number of rotatable bonds is 4. The predicted molar refractivity (Wildman–Crippen MR) is 113 cm³/mol. The summed E-state index contributed by atoms with van der Waals surface area (Å²) in [5.41, 5.74) is 4.27. The van der Waals surface area contributed by atoms with Gasteiger partial charge >= 0.3 is 0 Å². The van der Waals surface area contributed by atoms with E-state index in [1.54, 1.807) is 0 Å². The lowest BCUT2D eigenvalue weighted by Gasteiger charge is -2.28. The molecule has 1 aliphatic carbocycles. The van der Waals surface area contributed by atoms with Gasteiger partial charge in [0, 0.05) is 24.5 Å². The number of hydrogen-bond donors (Lipinski definition) is 1. The van der Waals surface area contributed by atoms with Crippen molar-refractivity contribution in [3.8, 4) is 0 Å². The molecular weight excluding hydrogens is 346 g/mol. The Morgan fingerprint density at radius 2 is 1.82 bits per heavy atom. The molecular formula is C24H23N3O. The Morgan fingerprint density at radius 1 is 1.04 bits per heavy atom. The maximum atomic E-state index is 12.8. The maximum Gasteiger partial charge on any atom is 0.252 e. The predicted octanol–water partition coefficient (Wildman–Crippen LogP) is 4.42. The first-order valence-corrected chi connectivity index (χ1v) is 9.98. The SMILES string of the molecule is O=C(NC1CC1)c1cc(N2CC=C(c3ccccc3)CC2)nc2ccccc12. The van der Waals surface area contributed by atoms with Crippen molar-refractivity contribution in [1.29, 1.82) is 0 Å². The van der Waals surface area contributed by atoms with Gasteiger partial charge in [0.2, 0.25) is 0 Å². The van der Waals surface area contributed by atoms with Gasteiger partial charge in [0.25, 0.3) is 5.91 Å². The summed E-state index contributed by atoms with van der Waals surface area (Å²) in [4.78, 5) is 19.9. The van der Waals surface area contributed by atoms with Gasteiger partial charge in [0.05, 0.1) is 11.1 Å². The van der Waals surface area contributed by atoms with E-state index in [0.29, 0.717) is 6.04 Å². The van der Waals surface area contributed by atoms with Crippen molar-refractivity contribution < 1.29 is 4.79 Å². The van der Waals surface area contributed by atoms with Gasteiger partial charge in [-0.3, -0.25) is 4.79 Å². The van der Waals surface area contributed by atoms with Crippen LogP contribution in [0.2, 0.25) is 0 Å². The van der Waals surface area contributed by atoms with Crippen LogP contribution in [0.3, 0.4) is 0 Å². The van der Waals surface area contributed by atoms with Crippen LogP contribution in [0.1, 0.15) is 35.2 Å². The molecule has 4 nitrogen and oxygen atoms in total. The molecule has 0 atom stereocenters. The first-order valence-electron chi connectivity index (χ1n) is 9.98. The highest BCUT2D eigenvalue weighted by molar-refractivity contribution is 6.07. The van der Waals surface area contributed by atoms with Gasteiger partial charge in [-0.1, -0.05) is 54.6 Å². The van der Waals surface area contributed by atoms with Crippen LogP contribution in [0.5, 0.6) is 0 Å². The van der Waals surface area contributed by atoms with E-state index in [2.05, 4.69) is 40.6 Å². The van der Waals surface area contributed by atoms with Gasteiger partial charge in [0.15, 0.2) is 0 Å². The average Bonchev–Trinajstić information content (AvgIpc) is 3.57. The highest BCUT2D eigenvalue weighted by atomic mass is 16.1. The minimum atomic E-state index is 0.0138. The van der Waals surface area contributed by atoms with Crippen molar-refractivity contribution in [3.05, 3.63) is 77.9 Å². The highest BCUT2D eigenvalue weighted by Gasteiger charge is 2.25. The molecule has 5 rings (SSSR count). The number of carbonyl (C=O) groups excluding carboxylic acids is 1. The van der Waals surface area contributed by atoms with Crippen molar-refractivity contribution in [3.63, 3.8) is 0 Å². The summed E-state index contributed by atoms with van der Waals surface area (Å²) in [5, 5.41) is 4.04. The minimum Gasteiger partial charge on any atom is -0.353 e. The molecule has 0 spiro atoms. The van der Waals surface area contributed by atoms with Crippen LogP contribution >= 0.6 is 0 Å². The Hall–Kier alpha value is -3.14. The van der Waals surface area contributed by atoms with Crippen LogP contribution in [0.4, 0.5) is 5.82 Å². The van der Waals surface area contributed by atoms with E-state index < -0.39 is 0 Å². The lowest BCUT2D eigenvalue weighted by Crippen LogP contribution is -2.30. The normalized spacial score (nSPS) is 16.7. The van der Waals surface area contributed by atoms with Crippen LogP contribution < -0.4 is 10.2 Å². The van der Waals surface area contributed by atoms with Gasteiger partial charge in [0.1, 0.15) is 5.82 Å². The van der Waals surface area contributed by atoms with Crippen molar-refractivity contribution in [2.24, 2.45) is 0 Å². The molecule has 1 aromatic heterocycles. The first kappa shape index (κ1) is 17.0. The molecule has 1 saturated carbocycles. The molecule has 0 bridgehead atoms. The second-order valence-electron chi connectivity index (χ2n) is 7.58. The molecule has 1 aliphatic heterocycles. The fourth-order valence-electron chi connectivity index (χ4n) is 3.79. The third kappa shape index (κ3) is 3.38. The number of carbonyl (C=O) groups is 1. The molecule has 0 saturated heterocycles. The third-order valence-electron chi connectivity index (χ3n) is 5.54. The second-order valence-corrected chi connectivity index (χ2v) is 7.58. The Balaban J connectivity index is 1.46. The Kier molecular flexibility index (Phi) is 4.32. The molecule has 1 N–H and O–H groups in total. The van der Waals surface area contributed by atoms with Crippen LogP contribution in [0, 0.1) is 0 Å². The summed E-state index contributed by atoms with van der Waals surface area (Å²) in [5.74, 6) is 0.892. The quantitative estimate of drug-likeness (QED) is 0.740. The molecule has 0 radical (unpaired) electrons. The van der Waals surface area contributed by atoms with E-state index in [1.165, 1.54) is 11.1 Å². The Bertz CT molecular complexity index is 1050. The number of hydrogen-bond acceptors (Lipinski definition) is 3. The molecule has 3 aromatic rings. The number of aromatic nitrogens is 1. The van der Waals surface area contributed by atoms with E-state index in [9.17, 15) is 4.79 Å². The molecule has 140 valence electrons. The Labute approximate surface area is 164 Å². The summed E-state index contributed by atoms with van der Waals surface area (Å²) in [7, 11) is 0. The highest BCUT2D eigenvalue weighted by Crippen LogP contribution is 2.28. The molecule has 1 fully saturated rings. The first-order chi connectivity index (χ1) is 13.8. The zero-order valence-corrected chi connectivity index (χ0v) is 15.8. The van der Waals surface area contributed by atoms with Crippen molar-refractivity contribution in [2.75, 3.05) is 18.0 Å². The van der Waals surface area contributed by atoms with Crippen LogP contribution in [0.25, 0.3) is 16.5 Å². The number of fused-ring (bicyclic) bond motifs is 1. The van der Waals surface area contributed by atoms with Crippen LogP contribution in [-0.4, -0.2) is 30.0 Å². The Morgan fingerprint density at radius 3 is 2.57 bits per heavy atom. The fraction of sp³-hybridized carbons (Fsp3) is 0.250. The fourth-order valence-corrected chi connectivity index (χ4v) is 3.79. The average molecular weight is 369 g/mol. The van der Waals surface area contributed by atoms with Gasteiger partial charge in [-0.25, -0.2) is 4.98 Å². The third-order valence-corrected chi connectivity index (χ3v) is 5.54. The van der Waals surface area contributed by atoms with Gasteiger partial charge < -0.3 is 10.2 Å². The monoisotopic (exact) mass is 369 g/mol. The van der Waals surface area contributed by atoms with Gasteiger partial charge in [-0.15, -0.1) is 0 Å². The lowest BCUT2D eigenvalue weighted by atomic mass is 9.99. The number of anilines is 1. The maximum absolute atomic E-state index is 12.8. The largest absolute Gasteiger partial charge is 0.353 e. The second kappa shape index (κ2) is 7.12. The zero-order chi connectivity index (χ0) is 18.9. The number of nitrogens with one attached hydrogen (secondary N) is 1. The summed E-state index contributed by atoms with van der Waals surface area (Å²) in [6.07, 6.45) is 5.42. The molecule has 0 unspecified atom stereocenters. The van der Waals surface area contributed by atoms with Gasteiger partial charge in [-0.05, 0) is 42.5 Å². The standard InChI is InChI=1S/C24H23N3O/c28-24(25-19-10-11-19)21-16-23(26-22-9-5-4-8-20(21)22)27-14-12-18(13-15-27)17-6-2-1-3-7-17/h1-9,12,16,19H,10-11,13-15H2,(H,25,28). The lowest BCUT2D eigenvalue weighted by molar-refractivity contribution is 0.0952. The molecule has 2 aromatic carbocycles. The van der Waals surface area contributed by atoms with Gasteiger partial charge in [-0.2, -0.15) is 0 Å². The van der Waals surface area contributed by atoms with Crippen molar-refractivity contribution in [1.82, 2.24) is 10.3 Å². The number of amides is 1. The summed E-state index contributed by atoms with van der Waals surface area (Å²) < 4.78 is 0. The van der Waals surface area contributed by atoms with Crippen molar-refractivity contribution in [2.45, 2.75) is 25.3 Å². The minimum absolute atomic E-state index is 0.0138. The van der Waals surface area contributed by atoms with E-state index in [1.807, 2.05) is 36.4 Å². The summed E-state index contributed by atoms with van der Waals surface area (Å²) >= 11 is 0. The molecule has 1 amide bonds. The van der Waals surface area contributed by atoms with E-state index in [0.717, 1.165) is 54.6 Å². The van der Waals surface area contributed by atoms with E-state index in [-0.39, 0.29) is 5.91 Å².